The first-order chi connectivity index (χ1) is 11.5. The summed E-state index contributed by atoms with van der Waals surface area (Å²) in [5, 5.41) is 13.2. The number of carbonyl (C=O) groups is 2. The van der Waals surface area contributed by atoms with Crippen LogP contribution in [-0.4, -0.2) is 65.6 Å². The van der Waals surface area contributed by atoms with E-state index in [9.17, 15) is 9.59 Å². The quantitative estimate of drug-likeness (QED) is 0.776. The zero-order valence-electron chi connectivity index (χ0n) is 13.5. The van der Waals surface area contributed by atoms with Crippen LogP contribution < -0.4 is 4.74 Å². The summed E-state index contributed by atoms with van der Waals surface area (Å²) >= 11 is 0. The van der Waals surface area contributed by atoms with Crippen molar-refractivity contribution >= 4 is 11.9 Å². The molecular weight excluding hydrogens is 314 g/mol. The first-order valence-electron chi connectivity index (χ1n) is 7.25. The Balaban J connectivity index is 2.17. The summed E-state index contributed by atoms with van der Waals surface area (Å²) in [7, 11) is 3.07. The van der Waals surface area contributed by atoms with E-state index in [4.69, 9.17) is 14.6 Å². The maximum atomic E-state index is 12.4. The van der Waals surface area contributed by atoms with Gasteiger partial charge in [0, 0.05) is 19.9 Å². The van der Waals surface area contributed by atoms with Crippen LogP contribution in [0.25, 0.3) is 5.69 Å². The van der Waals surface area contributed by atoms with Crippen LogP contribution in [0.5, 0.6) is 5.75 Å². The maximum Gasteiger partial charge on any atom is 0.323 e. The minimum absolute atomic E-state index is 0.170. The molecule has 0 bridgehead atoms. The van der Waals surface area contributed by atoms with Crippen LogP contribution in [0.2, 0.25) is 0 Å². The molecule has 0 aliphatic heterocycles. The highest BCUT2D eigenvalue weighted by molar-refractivity contribution is 5.94. The Hall–Kier alpha value is -2.87. The van der Waals surface area contributed by atoms with Crippen molar-refractivity contribution in [1.82, 2.24) is 14.7 Å². The fourth-order valence-electron chi connectivity index (χ4n) is 2.10. The number of hydrogen-bond acceptors (Lipinski definition) is 5. The molecule has 0 aliphatic rings. The van der Waals surface area contributed by atoms with Gasteiger partial charge in [-0.25, -0.2) is 4.68 Å². The van der Waals surface area contributed by atoms with Crippen LogP contribution in [0.3, 0.4) is 0 Å². The third-order valence-corrected chi connectivity index (χ3v) is 3.32. The second-order valence-electron chi connectivity index (χ2n) is 4.96. The predicted molar refractivity (Wildman–Crippen MR) is 85.5 cm³/mol. The van der Waals surface area contributed by atoms with Gasteiger partial charge in [0.15, 0.2) is 5.69 Å². The van der Waals surface area contributed by atoms with Crippen molar-refractivity contribution in [3.63, 3.8) is 0 Å². The summed E-state index contributed by atoms with van der Waals surface area (Å²) < 4.78 is 11.6. The molecule has 1 N–H and O–H groups in total. The number of nitrogens with zero attached hydrogens (tertiary/aromatic N) is 3. The molecular formula is C16H19N3O5. The molecule has 1 heterocycles. The molecule has 0 spiro atoms. The highest BCUT2D eigenvalue weighted by atomic mass is 16.5. The Bertz CT molecular complexity index is 696. The maximum absolute atomic E-state index is 12.4. The van der Waals surface area contributed by atoms with E-state index in [0.29, 0.717) is 0 Å². The molecule has 0 fully saturated rings. The summed E-state index contributed by atoms with van der Waals surface area (Å²) in [5.41, 5.74) is 0.930. The SMILES string of the molecule is COCCN(CC(=O)O)C(=O)c1ccn(-c2ccc(OC)cc2)n1. The van der Waals surface area contributed by atoms with Crippen molar-refractivity contribution < 1.29 is 24.2 Å². The summed E-state index contributed by atoms with van der Waals surface area (Å²) in [6.45, 7) is 0.0207. The molecule has 1 aromatic carbocycles. The number of rotatable bonds is 8. The van der Waals surface area contributed by atoms with Gasteiger partial charge in [0.1, 0.15) is 12.3 Å². The monoisotopic (exact) mass is 333 g/mol. The predicted octanol–water partition coefficient (Wildman–Crippen LogP) is 1.05. The number of carboxylic acid groups (broad SMARTS) is 1. The Morgan fingerprint density at radius 1 is 1.21 bits per heavy atom. The number of carboxylic acids is 1. The number of aliphatic carboxylic acids is 1. The lowest BCUT2D eigenvalue weighted by Gasteiger charge is -2.18. The molecule has 2 aromatic rings. The van der Waals surface area contributed by atoms with Crippen LogP contribution in [-0.2, 0) is 9.53 Å². The summed E-state index contributed by atoms with van der Waals surface area (Å²) in [6, 6.07) is 8.73. The van der Waals surface area contributed by atoms with Gasteiger partial charge in [-0.3, -0.25) is 9.59 Å². The van der Waals surface area contributed by atoms with Crippen molar-refractivity contribution in [2.45, 2.75) is 0 Å². The summed E-state index contributed by atoms with van der Waals surface area (Å²) in [6.07, 6.45) is 1.64. The van der Waals surface area contributed by atoms with Crippen molar-refractivity contribution in [3.05, 3.63) is 42.2 Å². The van der Waals surface area contributed by atoms with Gasteiger partial charge in [-0.05, 0) is 30.3 Å². The van der Waals surface area contributed by atoms with Gasteiger partial charge >= 0.3 is 5.97 Å². The molecule has 2 rings (SSSR count). The highest BCUT2D eigenvalue weighted by Crippen LogP contribution is 2.15. The van der Waals surface area contributed by atoms with E-state index < -0.39 is 18.4 Å². The molecule has 0 saturated carbocycles. The minimum atomic E-state index is -1.09. The van der Waals surface area contributed by atoms with Crippen LogP contribution in [0.15, 0.2) is 36.5 Å². The Morgan fingerprint density at radius 2 is 1.92 bits per heavy atom. The number of benzene rings is 1. The largest absolute Gasteiger partial charge is 0.497 e. The second-order valence-corrected chi connectivity index (χ2v) is 4.96. The van der Waals surface area contributed by atoms with E-state index in [-0.39, 0.29) is 18.8 Å². The first-order valence-corrected chi connectivity index (χ1v) is 7.25. The molecule has 1 aromatic heterocycles. The molecule has 8 heteroatoms. The first kappa shape index (κ1) is 17.5. The molecule has 0 saturated heterocycles. The highest BCUT2D eigenvalue weighted by Gasteiger charge is 2.20. The number of aromatic nitrogens is 2. The second kappa shape index (κ2) is 8.11. The van der Waals surface area contributed by atoms with Crippen molar-refractivity contribution in [3.8, 4) is 11.4 Å². The fraction of sp³-hybridized carbons (Fsp3) is 0.312. The fourth-order valence-corrected chi connectivity index (χ4v) is 2.10. The van der Waals surface area contributed by atoms with Gasteiger partial charge in [0.25, 0.3) is 5.91 Å². The number of methoxy groups -OCH3 is 2. The average Bonchev–Trinajstić information content (AvgIpc) is 3.07. The average molecular weight is 333 g/mol. The van der Waals surface area contributed by atoms with Crippen molar-refractivity contribution in [2.75, 3.05) is 33.9 Å². The lowest BCUT2D eigenvalue weighted by molar-refractivity contribution is -0.137. The third kappa shape index (κ3) is 4.32. The standard InChI is InChI=1S/C16H19N3O5/c1-23-10-9-18(11-15(20)21)16(22)14-7-8-19(17-14)12-3-5-13(24-2)6-4-12/h3-8H,9-11H2,1-2H3,(H,20,21). The van der Waals surface area contributed by atoms with Gasteiger partial charge in [0.2, 0.25) is 0 Å². The van der Waals surface area contributed by atoms with Gasteiger partial charge in [-0.2, -0.15) is 5.10 Å². The molecule has 0 aliphatic carbocycles. The summed E-state index contributed by atoms with van der Waals surface area (Å²) in [4.78, 5) is 24.6. The third-order valence-electron chi connectivity index (χ3n) is 3.32. The molecule has 0 atom stereocenters. The van der Waals surface area contributed by atoms with Gasteiger partial charge in [-0.1, -0.05) is 0 Å². The van der Waals surface area contributed by atoms with Crippen LogP contribution >= 0.6 is 0 Å². The van der Waals surface area contributed by atoms with E-state index in [2.05, 4.69) is 5.10 Å². The van der Waals surface area contributed by atoms with Gasteiger partial charge in [-0.15, -0.1) is 0 Å². The molecule has 0 unspecified atom stereocenters. The number of hydrogen-bond donors (Lipinski definition) is 1. The lowest BCUT2D eigenvalue weighted by Crippen LogP contribution is -2.38. The lowest BCUT2D eigenvalue weighted by atomic mass is 10.3. The zero-order valence-corrected chi connectivity index (χ0v) is 13.5. The summed E-state index contributed by atoms with van der Waals surface area (Å²) in [5.74, 6) is -0.829. The molecule has 8 nitrogen and oxygen atoms in total. The molecule has 128 valence electrons. The number of amides is 1. The Labute approximate surface area is 139 Å². The van der Waals surface area contributed by atoms with Gasteiger partial charge < -0.3 is 19.5 Å². The molecule has 24 heavy (non-hydrogen) atoms. The Kier molecular flexibility index (Phi) is 5.91. The van der Waals surface area contributed by atoms with E-state index >= 15 is 0 Å². The molecule has 1 amide bonds. The topological polar surface area (TPSA) is 93.9 Å². The van der Waals surface area contributed by atoms with Crippen molar-refractivity contribution in [2.24, 2.45) is 0 Å². The number of carbonyl (C=O) groups excluding carboxylic acids is 1. The normalized spacial score (nSPS) is 10.4. The van der Waals surface area contributed by atoms with E-state index in [1.807, 2.05) is 0 Å². The van der Waals surface area contributed by atoms with E-state index in [1.165, 1.54) is 12.0 Å². The van der Waals surface area contributed by atoms with Gasteiger partial charge in [0.05, 0.1) is 19.4 Å². The minimum Gasteiger partial charge on any atom is -0.497 e. The smallest absolute Gasteiger partial charge is 0.323 e. The molecule has 0 radical (unpaired) electrons. The number of ether oxygens (including phenoxy) is 2. The Morgan fingerprint density at radius 3 is 2.50 bits per heavy atom. The van der Waals surface area contributed by atoms with Crippen LogP contribution in [0, 0.1) is 0 Å². The van der Waals surface area contributed by atoms with E-state index in [1.54, 1.807) is 48.3 Å². The van der Waals surface area contributed by atoms with E-state index in [0.717, 1.165) is 11.4 Å². The zero-order chi connectivity index (χ0) is 17.5. The van der Waals surface area contributed by atoms with Crippen molar-refractivity contribution in [1.29, 1.82) is 0 Å². The van der Waals surface area contributed by atoms with Crippen LogP contribution in [0.1, 0.15) is 10.5 Å². The van der Waals surface area contributed by atoms with Crippen LogP contribution in [0.4, 0.5) is 0 Å².